The van der Waals surface area contributed by atoms with Crippen molar-refractivity contribution in [3.05, 3.63) is 89.4 Å². The van der Waals surface area contributed by atoms with E-state index in [1.807, 2.05) is 74.5 Å². The monoisotopic (exact) mass is 334 g/mol. The first-order valence-corrected chi connectivity index (χ1v) is 8.33. The first kappa shape index (κ1) is 17.0. The molecule has 0 fully saturated rings. The standard InChI is InChI=1S/C21H22N2O2/c1-15-8-6-11-18(16(15)2)23-20(24)14-22-21(19-12-7-13-25-19)17-9-4-3-5-10-17/h3-13,21-22H,14H2,1-2H3,(H,23,24)/t21-/m1/s1. The van der Waals surface area contributed by atoms with Crippen molar-refractivity contribution < 1.29 is 9.21 Å². The third-order valence-corrected chi connectivity index (χ3v) is 4.31. The Morgan fingerprint density at radius 2 is 1.80 bits per heavy atom. The Morgan fingerprint density at radius 3 is 2.52 bits per heavy atom. The minimum absolute atomic E-state index is 0.0822. The summed E-state index contributed by atoms with van der Waals surface area (Å²) in [6.07, 6.45) is 1.64. The minimum atomic E-state index is -0.166. The molecule has 0 saturated carbocycles. The molecule has 2 N–H and O–H groups in total. The summed E-state index contributed by atoms with van der Waals surface area (Å²) in [6, 6.07) is 19.4. The normalized spacial score (nSPS) is 11.9. The lowest BCUT2D eigenvalue weighted by molar-refractivity contribution is -0.115. The van der Waals surface area contributed by atoms with Gasteiger partial charge < -0.3 is 9.73 Å². The average Bonchev–Trinajstić information content (AvgIpc) is 3.14. The molecule has 0 aliphatic carbocycles. The third kappa shape index (κ3) is 4.17. The molecular weight excluding hydrogens is 312 g/mol. The summed E-state index contributed by atoms with van der Waals surface area (Å²) in [4.78, 5) is 12.4. The highest BCUT2D eigenvalue weighted by Crippen LogP contribution is 2.22. The van der Waals surface area contributed by atoms with E-state index in [2.05, 4.69) is 10.6 Å². The summed E-state index contributed by atoms with van der Waals surface area (Å²) in [6.45, 7) is 4.23. The van der Waals surface area contributed by atoms with E-state index in [-0.39, 0.29) is 18.5 Å². The van der Waals surface area contributed by atoms with E-state index in [1.165, 1.54) is 0 Å². The first-order valence-electron chi connectivity index (χ1n) is 8.33. The summed E-state index contributed by atoms with van der Waals surface area (Å²) < 4.78 is 5.54. The lowest BCUT2D eigenvalue weighted by Gasteiger charge is -2.17. The lowest BCUT2D eigenvalue weighted by Crippen LogP contribution is -2.32. The summed E-state index contributed by atoms with van der Waals surface area (Å²) in [5.41, 5.74) is 4.14. The van der Waals surface area contributed by atoms with Gasteiger partial charge in [-0.3, -0.25) is 10.1 Å². The Labute approximate surface area is 147 Å². The number of hydrogen-bond donors (Lipinski definition) is 2. The molecule has 3 aromatic rings. The van der Waals surface area contributed by atoms with Crippen LogP contribution in [0.15, 0.2) is 71.3 Å². The van der Waals surface area contributed by atoms with Gasteiger partial charge in [0, 0.05) is 5.69 Å². The maximum absolute atomic E-state index is 12.4. The highest BCUT2D eigenvalue weighted by Gasteiger charge is 2.17. The van der Waals surface area contributed by atoms with Crippen molar-refractivity contribution in [2.45, 2.75) is 19.9 Å². The highest BCUT2D eigenvalue weighted by molar-refractivity contribution is 5.93. The molecular formula is C21H22N2O2. The van der Waals surface area contributed by atoms with Gasteiger partial charge in [0.1, 0.15) is 5.76 Å². The van der Waals surface area contributed by atoms with E-state index >= 15 is 0 Å². The summed E-state index contributed by atoms with van der Waals surface area (Å²) >= 11 is 0. The fraction of sp³-hybridized carbons (Fsp3) is 0.190. The van der Waals surface area contributed by atoms with Crippen molar-refractivity contribution >= 4 is 11.6 Å². The number of nitrogens with one attached hydrogen (secondary N) is 2. The van der Waals surface area contributed by atoms with Gasteiger partial charge in [0.2, 0.25) is 5.91 Å². The number of amides is 1. The van der Waals surface area contributed by atoms with Crippen LogP contribution in [0, 0.1) is 13.8 Å². The second-order valence-electron chi connectivity index (χ2n) is 6.04. The maximum atomic E-state index is 12.4. The molecule has 3 rings (SSSR count). The van der Waals surface area contributed by atoms with E-state index < -0.39 is 0 Å². The molecule has 128 valence electrons. The molecule has 1 amide bonds. The first-order chi connectivity index (χ1) is 12.1. The van der Waals surface area contributed by atoms with Crippen LogP contribution in [-0.2, 0) is 4.79 Å². The Hall–Kier alpha value is -2.85. The summed E-state index contributed by atoms with van der Waals surface area (Å²) in [5.74, 6) is 0.701. The predicted molar refractivity (Wildman–Crippen MR) is 99.5 cm³/mol. The van der Waals surface area contributed by atoms with Crippen LogP contribution in [0.4, 0.5) is 5.69 Å². The zero-order chi connectivity index (χ0) is 17.6. The van der Waals surface area contributed by atoms with Crippen molar-refractivity contribution in [2.24, 2.45) is 0 Å². The highest BCUT2D eigenvalue weighted by atomic mass is 16.3. The van der Waals surface area contributed by atoms with Gasteiger partial charge >= 0.3 is 0 Å². The average molecular weight is 334 g/mol. The number of rotatable bonds is 6. The molecule has 0 saturated heterocycles. The second kappa shape index (κ2) is 7.81. The van der Waals surface area contributed by atoms with Gasteiger partial charge in [-0.2, -0.15) is 0 Å². The van der Waals surface area contributed by atoms with Gasteiger partial charge in [-0.25, -0.2) is 0 Å². The smallest absolute Gasteiger partial charge is 0.238 e. The van der Waals surface area contributed by atoms with Crippen LogP contribution in [0.1, 0.15) is 28.5 Å². The number of carbonyl (C=O) groups is 1. The Kier molecular flexibility index (Phi) is 5.31. The Morgan fingerprint density at radius 1 is 1.00 bits per heavy atom. The van der Waals surface area contributed by atoms with Gasteiger partial charge in [-0.1, -0.05) is 42.5 Å². The molecule has 4 heteroatoms. The van der Waals surface area contributed by atoms with Crippen molar-refractivity contribution in [3.8, 4) is 0 Å². The van der Waals surface area contributed by atoms with Crippen molar-refractivity contribution in [3.63, 3.8) is 0 Å². The zero-order valence-corrected chi connectivity index (χ0v) is 14.5. The van der Waals surface area contributed by atoms with Crippen LogP contribution in [0.2, 0.25) is 0 Å². The molecule has 0 radical (unpaired) electrons. The topological polar surface area (TPSA) is 54.3 Å². The largest absolute Gasteiger partial charge is 0.467 e. The molecule has 4 nitrogen and oxygen atoms in total. The SMILES string of the molecule is Cc1cccc(NC(=O)CN[C@H](c2ccccc2)c2ccco2)c1C. The molecule has 0 spiro atoms. The van der Waals surface area contributed by atoms with Crippen LogP contribution in [0.5, 0.6) is 0 Å². The number of carbonyl (C=O) groups excluding carboxylic acids is 1. The predicted octanol–water partition coefficient (Wildman–Crippen LogP) is 4.21. The Balaban J connectivity index is 1.69. The zero-order valence-electron chi connectivity index (χ0n) is 14.5. The van der Waals surface area contributed by atoms with Crippen molar-refractivity contribution in [1.82, 2.24) is 5.32 Å². The molecule has 0 aliphatic heterocycles. The van der Waals surface area contributed by atoms with E-state index in [4.69, 9.17) is 4.42 Å². The van der Waals surface area contributed by atoms with Crippen LogP contribution in [0.25, 0.3) is 0 Å². The summed E-state index contributed by atoms with van der Waals surface area (Å²) in [5, 5.41) is 6.26. The molecule has 1 aromatic heterocycles. The molecule has 0 aliphatic rings. The van der Waals surface area contributed by atoms with Crippen molar-refractivity contribution in [2.75, 3.05) is 11.9 Å². The molecule has 0 bridgehead atoms. The van der Waals surface area contributed by atoms with Gasteiger partial charge in [-0.05, 0) is 48.7 Å². The van der Waals surface area contributed by atoms with E-state index in [0.717, 1.165) is 28.1 Å². The number of benzene rings is 2. The number of anilines is 1. The summed E-state index contributed by atoms with van der Waals surface area (Å²) in [7, 11) is 0. The van der Waals surface area contributed by atoms with Crippen LogP contribution < -0.4 is 10.6 Å². The fourth-order valence-corrected chi connectivity index (χ4v) is 2.76. The fourth-order valence-electron chi connectivity index (χ4n) is 2.76. The van der Waals surface area contributed by atoms with Crippen LogP contribution in [0.3, 0.4) is 0 Å². The Bertz CT molecular complexity index is 826. The van der Waals surface area contributed by atoms with Crippen LogP contribution >= 0.6 is 0 Å². The van der Waals surface area contributed by atoms with E-state index in [0.29, 0.717) is 0 Å². The van der Waals surface area contributed by atoms with Gasteiger partial charge in [-0.15, -0.1) is 0 Å². The molecule has 1 heterocycles. The van der Waals surface area contributed by atoms with E-state index in [1.54, 1.807) is 6.26 Å². The second-order valence-corrected chi connectivity index (χ2v) is 6.04. The van der Waals surface area contributed by atoms with Crippen molar-refractivity contribution in [1.29, 1.82) is 0 Å². The number of hydrogen-bond acceptors (Lipinski definition) is 3. The quantitative estimate of drug-likeness (QED) is 0.710. The number of aryl methyl sites for hydroxylation is 1. The minimum Gasteiger partial charge on any atom is -0.467 e. The molecule has 25 heavy (non-hydrogen) atoms. The molecule has 2 aromatic carbocycles. The lowest BCUT2D eigenvalue weighted by atomic mass is 10.0. The van der Waals surface area contributed by atoms with Gasteiger partial charge in [0.25, 0.3) is 0 Å². The maximum Gasteiger partial charge on any atom is 0.238 e. The van der Waals surface area contributed by atoms with Gasteiger partial charge in [0.05, 0.1) is 18.8 Å². The van der Waals surface area contributed by atoms with E-state index in [9.17, 15) is 4.79 Å². The van der Waals surface area contributed by atoms with Crippen LogP contribution in [-0.4, -0.2) is 12.5 Å². The molecule has 1 atom stereocenters. The third-order valence-electron chi connectivity index (χ3n) is 4.31. The van der Waals surface area contributed by atoms with Gasteiger partial charge in [0.15, 0.2) is 0 Å². The number of furan rings is 1. The molecule has 0 unspecified atom stereocenters.